The standard InChI is InChI=1S/C22H32N.2C20H28N.2C19H26N/c1-15-10-11-17(16(2)12-15)20-13-18(21(3,4)5)19(14-23(20)9)22(6,7)8;2*1-7-20(5,8-2)17-10-12-19(21(6)14-17)18-11-9-15(3)13-16(18)4;2*1-6-16(7-2)18-13-20(5)19(12-15(18)4)17-11-9-8-10-14(17)3/h10-14H,1-9H3;2*9-14H,7-8H2,1-6H3;2*8-13,16H,6-7H2,1-5H3/q5*+1/i;3D3;;;. The van der Waals surface area contributed by atoms with Gasteiger partial charge in [-0.3, -0.25) is 0 Å². The molecule has 0 aliphatic rings. The number of hydrogen-bond acceptors (Lipinski definition) is 0. The van der Waals surface area contributed by atoms with Gasteiger partial charge in [-0.2, -0.15) is 0 Å². The van der Waals surface area contributed by atoms with Gasteiger partial charge in [0.05, 0.1) is 0 Å². The van der Waals surface area contributed by atoms with Crippen molar-refractivity contribution in [2.45, 2.75) is 265 Å². The van der Waals surface area contributed by atoms with Gasteiger partial charge in [0, 0.05) is 90.1 Å². The van der Waals surface area contributed by atoms with Crippen LogP contribution in [0, 0.1) is 69.2 Å². The highest BCUT2D eigenvalue weighted by Crippen LogP contribution is 2.38. The molecule has 0 bridgehead atoms. The second-order valence-electron chi connectivity index (χ2n) is 33.1. The van der Waals surface area contributed by atoms with Crippen molar-refractivity contribution in [1.82, 2.24) is 0 Å². The predicted molar refractivity (Wildman–Crippen MR) is 453 cm³/mol. The van der Waals surface area contributed by atoms with Crippen molar-refractivity contribution in [3.8, 4) is 56.3 Å². The van der Waals surface area contributed by atoms with Crippen LogP contribution in [-0.4, -0.2) is 0 Å². The van der Waals surface area contributed by atoms with Crippen molar-refractivity contribution < 1.29 is 26.9 Å². The van der Waals surface area contributed by atoms with Gasteiger partial charge in [0.2, 0.25) is 28.5 Å². The quantitative estimate of drug-likeness (QED) is 0.0810. The van der Waals surface area contributed by atoms with Crippen LogP contribution in [0.25, 0.3) is 56.3 Å². The molecule has 0 N–H and O–H groups in total. The van der Waals surface area contributed by atoms with E-state index in [1.807, 2.05) is 13.0 Å². The number of rotatable bonds is 17. The van der Waals surface area contributed by atoms with Gasteiger partial charge in [0.1, 0.15) is 35.2 Å². The maximum absolute atomic E-state index is 7.55. The Labute approximate surface area is 645 Å². The summed E-state index contributed by atoms with van der Waals surface area (Å²) in [6.07, 6.45) is 20.9. The third-order valence-electron chi connectivity index (χ3n) is 23.2. The SMILES string of the molecule is CCC(C)(CC)c1ccc(-c2ccc(C)cc2C)[n+](C)c1.CCC(CC)c1c[n+](C)c(-c2ccccc2C)cc1C.CCC(CC)c1c[n+](C)c(-c2ccccc2C)cc1C.Cc1ccc(-c2cc(C(C)(C)C)c(C(C)(C)C)c[n+]2C)c(C)c1.[2H]C([2H])([2H])c1ccc(-c2ccc(C(C)(CC)CC)c[n+]2C)c(C)c1. The molecule has 0 radical (unpaired) electrons. The van der Waals surface area contributed by atoms with Gasteiger partial charge in [-0.05, 0) is 241 Å². The summed E-state index contributed by atoms with van der Waals surface area (Å²) in [5, 5.41) is 0. The number of aryl methyl sites for hydroxylation is 15. The van der Waals surface area contributed by atoms with Gasteiger partial charge in [-0.15, -0.1) is 0 Å². The van der Waals surface area contributed by atoms with Crippen molar-refractivity contribution in [2.75, 3.05) is 0 Å². The number of nitrogens with zero attached hydrogens (tertiary/aromatic N) is 5. The van der Waals surface area contributed by atoms with E-state index in [-0.39, 0.29) is 21.7 Å². The van der Waals surface area contributed by atoms with E-state index in [1.54, 1.807) is 12.1 Å². The summed E-state index contributed by atoms with van der Waals surface area (Å²) in [4.78, 5) is 0. The summed E-state index contributed by atoms with van der Waals surface area (Å²) >= 11 is 0. The van der Waals surface area contributed by atoms with Crippen LogP contribution in [0.2, 0.25) is 0 Å². The lowest BCUT2D eigenvalue weighted by molar-refractivity contribution is -0.661. The highest BCUT2D eigenvalue weighted by molar-refractivity contribution is 5.66. The molecule has 5 nitrogen and oxygen atoms in total. The molecule has 5 heteroatoms. The predicted octanol–water partition coefficient (Wildman–Crippen LogP) is 24.5. The van der Waals surface area contributed by atoms with Crippen molar-refractivity contribution in [3.05, 3.63) is 266 Å². The van der Waals surface area contributed by atoms with Gasteiger partial charge >= 0.3 is 0 Å². The zero-order chi connectivity index (χ0) is 80.7. The molecular formula is C100H140N5+5. The highest BCUT2D eigenvalue weighted by Gasteiger charge is 2.32. The first kappa shape index (κ1) is 80.9. The lowest BCUT2D eigenvalue weighted by Crippen LogP contribution is -2.36. The second kappa shape index (κ2) is 37.4. The Morgan fingerprint density at radius 3 is 0.914 bits per heavy atom. The van der Waals surface area contributed by atoms with Crippen molar-refractivity contribution in [3.63, 3.8) is 0 Å². The molecular weight excluding hydrogens is 1270 g/mol. The van der Waals surface area contributed by atoms with Gasteiger partial charge < -0.3 is 0 Å². The first-order valence-electron chi connectivity index (χ1n) is 41.0. The summed E-state index contributed by atoms with van der Waals surface area (Å²) < 4.78 is 33.9. The Kier molecular flexibility index (Phi) is 28.8. The molecule has 0 aliphatic heterocycles. The van der Waals surface area contributed by atoms with Crippen LogP contribution >= 0.6 is 0 Å². The van der Waals surface area contributed by atoms with Crippen LogP contribution in [0.4, 0.5) is 0 Å². The Morgan fingerprint density at radius 2 is 0.600 bits per heavy atom. The first-order valence-corrected chi connectivity index (χ1v) is 39.5. The normalized spacial score (nSPS) is 12.2. The maximum atomic E-state index is 7.55. The molecule has 5 aromatic heterocycles. The molecule has 0 saturated heterocycles. The summed E-state index contributed by atoms with van der Waals surface area (Å²) in [7, 11) is 10.7. The Bertz CT molecular complexity index is 4540. The molecule has 560 valence electrons. The minimum Gasteiger partial charge on any atom is -0.201 e. The van der Waals surface area contributed by atoms with E-state index in [0.717, 1.165) is 29.7 Å². The molecule has 0 amide bonds. The number of benzene rings is 5. The first-order chi connectivity index (χ1) is 50.6. The smallest absolute Gasteiger partial charge is 0.201 e. The average Bonchev–Trinajstić information content (AvgIpc) is 0.771. The Hall–Kier alpha value is -8.15. The molecule has 105 heavy (non-hydrogen) atoms. The Balaban J connectivity index is 0.000000211. The average molecular weight is 1420 g/mol. The molecule has 5 aromatic carbocycles. The van der Waals surface area contributed by atoms with Gasteiger partial charge in [0.25, 0.3) is 0 Å². The van der Waals surface area contributed by atoms with E-state index in [9.17, 15) is 0 Å². The fraction of sp³-hybridized carbons (Fsp3) is 0.450. The topological polar surface area (TPSA) is 19.4 Å². The minimum atomic E-state index is -2.06. The van der Waals surface area contributed by atoms with Crippen LogP contribution < -0.4 is 22.8 Å². The number of pyridine rings is 5. The molecule has 0 atom stereocenters. The zero-order valence-electron chi connectivity index (χ0n) is 74.3. The molecule has 0 unspecified atom stereocenters. The fourth-order valence-corrected chi connectivity index (χ4v) is 15.2. The van der Waals surface area contributed by atoms with Gasteiger partial charge in [0.15, 0.2) is 31.0 Å². The van der Waals surface area contributed by atoms with Crippen LogP contribution in [0.5, 0.6) is 0 Å². The van der Waals surface area contributed by atoms with Gasteiger partial charge in [-0.25, -0.2) is 22.8 Å². The fourth-order valence-electron chi connectivity index (χ4n) is 15.2. The van der Waals surface area contributed by atoms with E-state index >= 15 is 0 Å². The Morgan fingerprint density at radius 1 is 0.295 bits per heavy atom. The van der Waals surface area contributed by atoms with Crippen molar-refractivity contribution >= 4 is 0 Å². The maximum Gasteiger partial charge on any atom is 0.212 e. The second-order valence-corrected chi connectivity index (χ2v) is 33.1. The molecule has 10 aromatic rings. The summed E-state index contributed by atoms with van der Waals surface area (Å²) in [5.74, 6) is 1.35. The molecule has 0 aliphatic carbocycles. The van der Waals surface area contributed by atoms with Crippen LogP contribution in [-0.2, 0) is 56.9 Å². The van der Waals surface area contributed by atoms with E-state index in [2.05, 4.69) is 383 Å². The molecule has 5 heterocycles. The summed E-state index contributed by atoms with van der Waals surface area (Å²) in [5.41, 5.74) is 34.2. The molecule has 0 saturated carbocycles. The largest absolute Gasteiger partial charge is 0.212 e. The van der Waals surface area contributed by atoms with Crippen molar-refractivity contribution in [2.24, 2.45) is 35.2 Å². The molecule has 10 rings (SSSR count). The zero-order valence-corrected chi connectivity index (χ0v) is 71.3. The minimum absolute atomic E-state index is 0.129. The lowest BCUT2D eigenvalue weighted by atomic mass is 9.75. The number of aromatic nitrogens is 5. The van der Waals surface area contributed by atoms with E-state index in [0.29, 0.717) is 17.4 Å². The monoisotopic (exact) mass is 1410 g/mol. The third kappa shape index (κ3) is 21.4. The van der Waals surface area contributed by atoms with Crippen LogP contribution in [0.15, 0.2) is 177 Å². The van der Waals surface area contributed by atoms with E-state index in [1.165, 1.54) is 161 Å². The number of hydrogen-bond donors (Lipinski definition) is 0. The van der Waals surface area contributed by atoms with E-state index in [4.69, 9.17) is 4.11 Å². The third-order valence-corrected chi connectivity index (χ3v) is 23.2. The molecule has 0 spiro atoms. The van der Waals surface area contributed by atoms with Gasteiger partial charge in [-0.1, -0.05) is 200 Å². The van der Waals surface area contributed by atoms with Crippen molar-refractivity contribution in [1.29, 1.82) is 0 Å². The summed E-state index contributed by atoms with van der Waals surface area (Å²) in [6.45, 7) is 54.1. The van der Waals surface area contributed by atoms with E-state index < -0.39 is 6.85 Å². The van der Waals surface area contributed by atoms with Crippen LogP contribution in [0.3, 0.4) is 0 Å². The van der Waals surface area contributed by atoms with Crippen LogP contribution in [0.1, 0.15) is 267 Å². The molecule has 0 fully saturated rings. The highest BCUT2D eigenvalue weighted by atomic mass is 14.9. The lowest BCUT2D eigenvalue weighted by Gasteiger charge is -2.29. The summed E-state index contributed by atoms with van der Waals surface area (Å²) in [6, 6.07) is 52.1.